The van der Waals surface area contributed by atoms with E-state index in [4.69, 9.17) is 14.2 Å². The number of ether oxygens (including phenoxy) is 3. The average molecular weight is 984 g/mol. The number of hydrogen-bond acceptors (Lipinski definition) is 6. The van der Waals surface area contributed by atoms with Gasteiger partial charge in [0, 0.05) is 19.3 Å². The highest BCUT2D eigenvalue weighted by atomic mass is 16.6. The van der Waals surface area contributed by atoms with Gasteiger partial charge in [0.25, 0.3) is 0 Å². The third-order valence-corrected chi connectivity index (χ3v) is 13.9. The minimum absolute atomic E-state index is 0.0718. The van der Waals surface area contributed by atoms with Gasteiger partial charge in [0.05, 0.1) is 0 Å². The monoisotopic (exact) mass is 983 g/mol. The molecule has 0 radical (unpaired) electrons. The largest absolute Gasteiger partial charge is 0.462 e. The summed E-state index contributed by atoms with van der Waals surface area (Å²) in [7, 11) is 0. The van der Waals surface area contributed by atoms with Crippen LogP contribution in [0.1, 0.15) is 335 Å². The second-order valence-electron chi connectivity index (χ2n) is 21.0. The average Bonchev–Trinajstić information content (AvgIpc) is 3.36. The molecule has 0 N–H and O–H groups in total. The van der Waals surface area contributed by atoms with Crippen molar-refractivity contribution in [3.8, 4) is 0 Å². The minimum Gasteiger partial charge on any atom is -0.462 e. The molecule has 0 unspecified atom stereocenters. The fourth-order valence-electron chi connectivity index (χ4n) is 9.18. The molecule has 0 bridgehead atoms. The topological polar surface area (TPSA) is 78.9 Å². The maximum atomic E-state index is 12.9. The summed E-state index contributed by atoms with van der Waals surface area (Å²) in [4.78, 5) is 38.3. The molecule has 0 saturated heterocycles. The van der Waals surface area contributed by atoms with Gasteiger partial charge >= 0.3 is 17.9 Å². The zero-order valence-electron chi connectivity index (χ0n) is 47.1. The molecule has 70 heavy (non-hydrogen) atoms. The molecule has 0 aliphatic rings. The second-order valence-corrected chi connectivity index (χ2v) is 21.0. The van der Waals surface area contributed by atoms with Crippen LogP contribution >= 0.6 is 0 Å². The highest BCUT2D eigenvalue weighted by molar-refractivity contribution is 5.71. The summed E-state index contributed by atoms with van der Waals surface area (Å²) in [5.41, 5.74) is 0. The van der Waals surface area contributed by atoms with Gasteiger partial charge in [-0.05, 0) is 77.0 Å². The van der Waals surface area contributed by atoms with Crippen LogP contribution in [-0.2, 0) is 28.6 Å². The number of rotatable bonds is 57. The Morgan fingerprint density at radius 1 is 0.286 bits per heavy atom. The molecule has 0 amide bonds. The Balaban J connectivity index is 4.34. The quantitative estimate of drug-likeness (QED) is 0.0261. The van der Waals surface area contributed by atoms with Crippen molar-refractivity contribution in [2.24, 2.45) is 0 Å². The molecule has 0 aromatic carbocycles. The molecule has 6 nitrogen and oxygen atoms in total. The first-order valence-electron chi connectivity index (χ1n) is 31.0. The van der Waals surface area contributed by atoms with Crippen molar-refractivity contribution < 1.29 is 28.6 Å². The van der Waals surface area contributed by atoms with E-state index in [1.807, 2.05) is 0 Å². The van der Waals surface area contributed by atoms with Crippen LogP contribution in [0.4, 0.5) is 0 Å². The Morgan fingerprint density at radius 3 is 0.829 bits per heavy atom. The molecule has 0 aromatic heterocycles. The van der Waals surface area contributed by atoms with Gasteiger partial charge in [-0.15, -0.1) is 0 Å². The van der Waals surface area contributed by atoms with Crippen LogP contribution in [-0.4, -0.2) is 37.2 Å². The lowest BCUT2D eigenvalue weighted by Crippen LogP contribution is -2.30. The molecule has 6 heteroatoms. The van der Waals surface area contributed by atoms with Crippen molar-refractivity contribution >= 4 is 17.9 Å². The molecular formula is C64H118O6. The Kier molecular flexibility index (Phi) is 57.2. The van der Waals surface area contributed by atoms with Crippen LogP contribution in [0.25, 0.3) is 0 Å². The number of unbranched alkanes of at least 4 members (excludes halogenated alkanes) is 40. The van der Waals surface area contributed by atoms with E-state index in [1.54, 1.807) is 0 Å². The fourth-order valence-corrected chi connectivity index (χ4v) is 9.18. The van der Waals surface area contributed by atoms with Crippen molar-refractivity contribution in [1.29, 1.82) is 0 Å². The molecular weight excluding hydrogens is 865 g/mol. The zero-order valence-corrected chi connectivity index (χ0v) is 47.1. The lowest BCUT2D eigenvalue weighted by molar-refractivity contribution is -0.167. The third kappa shape index (κ3) is 56.5. The van der Waals surface area contributed by atoms with Crippen molar-refractivity contribution in [3.63, 3.8) is 0 Å². The van der Waals surface area contributed by atoms with Crippen LogP contribution in [0.3, 0.4) is 0 Å². The molecule has 0 heterocycles. The van der Waals surface area contributed by atoms with Crippen LogP contribution in [0, 0.1) is 0 Å². The minimum atomic E-state index is -0.775. The van der Waals surface area contributed by atoms with Gasteiger partial charge in [-0.25, -0.2) is 0 Å². The summed E-state index contributed by atoms with van der Waals surface area (Å²) in [6.07, 6.45) is 71.3. The van der Waals surface area contributed by atoms with Crippen LogP contribution in [0.5, 0.6) is 0 Å². The number of carbonyl (C=O) groups is 3. The summed E-state index contributed by atoms with van der Waals surface area (Å²) in [6.45, 7) is 6.66. The first-order valence-corrected chi connectivity index (χ1v) is 31.0. The molecule has 410 valence electrons. The van der Waals surface area contributed by atoms with Gasteiger partial charge in [0.2, 0.25) is 0 Å². The van der Waals surface area contributed by atoms with Gasteiger partial charge in [-0.1, -0.05) is 276 Å². The van der Waals surface area contributed by atoms with Crippen molar-refractivity contribution in [2.75, 3.05) is 13.2 Å². The number of hydrogen-bond donors (Lipinski definition) is 0. The maximum Gasteiger partial charge on any atom is 0.306 e. The van der Waals surface area contributed by atoms with E-state index in [1.165, 1.54) is 225 Å². The predicted octanol–water partition coefficient (Wildman–Crippen LogP) is 20.8. The summed E-state index contributed by atoms with van der Waals surface area (Å²) < 4.78 is 16.9. The lowest BCUT2D eigenvalue weighted by atomic mass is 10.0. The third-order valence-electron chi connectivity index (χ3n) is 13.9. The standard InChI is InChI=1S/C64H118O6/c1-4-7-10-13-16-19-22-25-28-31-32-34-36-39-42-45-48-51-54-57-63(66)69-60-61(59-68-62(65)56-53-50-47-44-41-38-35-30-27-24-21-18-15-12-9-6-3)70-64(67)58-55-52-49-46-43-40-37-33-29-26-23-20-17-14-11-8-5-2/h17,20,25-26,28-29,61H,4-16,18-19,21-24,27,30-60H2,1-3H3/b20-17-,28-25-,29-26-/t61-/m1/s1. The van der Waals surface area contributed by atoms with Crippen molar-refractivity contribution in [3.05, 3.63) is 36.5 Å². The Labute approximate surface area is 435 Å². The summed E-state index contributed by atoms with van der Waals surface area (Å²) in [5, 5.41) is 0. The maximum absolute atomic E-state index is 12.9. The summed E-state index contributed by atoms with van der Waals surface area (Å²) in [6, 6.07) is 0. The van der Waals surface area contributed by atoms with Gasteiger partial charge < -0.3 is 14.2 Å². The van der Waals surface area contributed by atoms with E-state index in [0.717, 1.165) is 70.6 Å². The molecule has 0 fully saturated rings. The van der Waals surface area contributed by atoms with Crippen LogP contribution in [0.2, 0.25) is 0 Å². The summed E-state index contributed by atoms with van der Waals surface area (Å²) >= 11 is 0. The fraction of sp³-hybridized carbons (Fsp3) is 0.859. The highest BCUT2D eigenvalue weighted by Gasteiger charge is 2.19. The molecule has 0 rings (SSSR count). The van der Waals surface area contributed by atoms with Gasteiger partial charge in [0.15, 0.2) is 6.10 Å². The Hall–Kier alpha value is -2.37. The molecule has 0 aliphatic heterocycles. The van der Waals surface area contributed by atoms with E-state index < -0.39 is 6.10 Å². The van der Waals surface area contributed by atoms with E-state index in [2.05, 4.69) is 57.2 Å². The van der Waals surface area contributed by atoms with Crippen molar-refractivity contribution in [2.45, 2.75) is 341 Å². The Morgan fingerprint density at radius 2 is 0.514 bits per heavy atom. The van der Waals surface area contributed by atoms with Crippen LogP contribution < -0.4 is 0 Å². The normalized spacial score (nSPS) is 12.2. The first-order chi connectivity index (χ1) is 34.5. The van der Waals surface area contributed by atoms with Crippen LogP contribution in [0.15, 0.2) is 36.5 Å². The second kappa shape index (κ2) is 59.2. The number of allylic oxidation sites excluding steroid dienone is 6. The SMILES string of the molecule is CCCCC/C=C\C/C=C\CCCCCCCCCC(=O)O[C@@H](COC(=O)CCCCCCCCCCC/C=C\CCCCCCCC)COC(=O)CCCCCCCCCCCCCCCCCC. The molecule has 0 saturated carbocycles. The zero-order chi connectivity index (χ0) is 50.7. The van der Waals surface area contributed by atoms with Gasteiger partial charge in [-0.3, -0.25) is 14.4 Å². The molecule has 0 aromatic rings. The Bertz CT molecular complexity index is 1170. The van der Waals surface area contributed by atoms with E-state index >= 15 is 0 Å². The smallest absolute Gasteiger partial charge is 0.306 e. The molecule has 1 atom stereocenters. The number of carbonyl (C=O) groups excluding carboxylic acids is 3. The highest BCUT2D eigenvalue weighted by Crippen LogP contribution is 2.17. The molecule has 0 spiro atoms. The van der Waals surface area contributed by atoms with Crippen molar-refractivity contribution in [1.82, 2.24) is 0 Å². The van der Waals surface area contributed by atoms with Gasteiger partial charge in [0.1, 0.15) is 13.2 Å². The lowest BCUT2D eigenvalue weighted by Gasteiger charge is -2.18. The molecule has 0 aliphatic carbocycles. The van der Waals surface area contributed by atoms with E-state index in [-0.39, 0.29) is 31.1 Å². The van der Waals surface area contributed by atoms with E-state index in [9.17, 15) is 14.4 Å². The predicted molar refractivity (Wildman–Crippen MR) is 302 cm³/mol. The first kappa shape index (κ1) is 67.6. The summed E-state index contributed by atoms with van der Waals surface area (Å²) in [5.74, 6) is -0.860. The van der Waals surface area contributed by atoms with E-state index in [0.29, 0.717) is 19.3 Å². The van der Waals surface area contributed by atoms with Gasteiger partial charge in [-0.2, -0.15) is 0 Å². The number of esters is 3.